The molecule has 1 aliphatic heterocycles. The highest BCUT2D eigenvalue weighted by Crippen LogP contribution is 2.39. The monoisotopic (exact) mass is 431 g/mol. The fraction of sp³-hybridized carbons (Fsp3) is 0.409. The van der Waals surface area contributed by atoms with Crippen LogP contribution in [0.3, 0.4) is 0 Å². The second kappa shape index (κ2) is 7.55. The summed E-state index contributed by atoms with van der Waals surface area (Å²) < 4.78 is 12.9. The van der Waals surface area contributed by atoms with Crippen molar-refractivity contribution in [3.05, 3.63) is 57.1 Å². The fourth-order valence-electron chi connectivity index (χ4n) is 3.48. The lowest BCUT2D eigenvalue weighted by Crippen LogP contribution is -2.42. The summed E-state index contributed by atoms with van der Waals surface area (Å²) in [5.41, 5.74) is 4.01. The van der Waals surface area contributed by atoms with Gasteiger partial charge in [-0.3, -0.25) is 4.79 Å². The molecule has 0 unspecified atom stereocenters. The predicted octanol–water partition coefficient (Wildman–Crippen LogP) is 5.17. The van der Waals surface area contributed by atoms with Gasteiger partial charge < -0.3 is 14.8 Å². The number of rotatable bonds is 4. The Hall–Kier alpha value is -2.01. The van der Waals surface area contributed by atoms with Crippen LogP contribution in [0.15, 0.2) is 34.8 Å². The lowest BCUT2D eigenvalue weighted by Gasteiger charge is -2.38. The number of hydrogen-bond donors (Lipinski definition) is 1. The van der Waals surface area contributed by atoms with Crippen LogP contribution in [-0.4, -0.2) is 18.1 Å². The number of amides is 1. The van der Waals surface area contributed by atoms with Gasteiger partial charge in [-0.1, -0.05) is 33.6 Å². The fourth-order valence-corrected chi connectivity index (χ4v) is 3.71. The van der Waals surface area contributed by atoms with Crippen LogP contribution in [0, 0.1) is 20.8 Å². The van der Waals surface area contributed by atoms with Crippen LogP contribution in [0.25, 0.3) is 0 Å². The van der Waals surface area contributed by atoms with Crippen LogP contribution < -0.4 is 14.8 Å². The highest BCUT2D eigenvalue weighted by molar-refractivity contribution is 9.10. The minimum Gasteiger partial charge on any atom is -0.487 e. The van der Waals surface area contributed by atoms with E-state index in [1.165, 1.54) is 0 Å². The first-order chi connectivity index (χ1) is 12.6. The molecule has 144 valence electrons. The van der Waals surface area contributed by atoms with Gasteiger partial charge in [0, 0.05) is 16.5 Å². The molecule has 1 amide bonds. The quantitative estimate of drug-likeness (QED) is 0.725. The second-order valence-electron chi connectivity index (χ2n) is 7.89. The molecule has 2 aromatic rings. The van der Waals surface area contributed by atoms with Crippen molar-refractivity contribution in [1.29, 1.82) is 0 Å². The molecule has 0 fully saturated rings. The minimum atomic E-state index is -0.332. The third-order valence-corrected chi connectivity index (χ3v) is 5.99. The van der Waals surface area contributed by atoms with Gasteiger partial charge in [-0.05, 0) is 63.9 Å². The molecule has 0 radical (unpaired) electrons. The number of benzene rings is 2. The van der Waals surface area contributed by atoms with E-state index in [0.717, 1.165) is 32.5 Å². The molecule has 1 N–H and O–H groups in total. The van der Waals surface area contributed by atoms with Gasteiger partial charge in [0.2, 0.25) is 0 Å². The second-order valence-corrected chi connectivity index (χ2v) is 8.68. The molecule has 5 heteroatoms. The summed E-state index contributed by atoms with van der Waals surface area (Å²) in [4.78, 5) is 12.5. The van der Waals surface area contributed by atoms with Crippen molar-refractivity contribution in [3.8, 4) is 11.5 Å². The normalized spacial score (nSPS) is 17.6. The third kappa shape index (κ3) is 4.64. The zero-order valence-corrected chi connectivity index (χ0v) is 18.1. The van der Waals surface area contributed by atoms with Crippen molar-refractivity contribution >= 4 is 21.8 Å². The Bertz CT molecular complexity index is 853. The molecular formula is C22H26BrNO3. The van der Waals surface area contributed by atoms with Gasteiger partial charge in [0.05, 0.1) is 6.04 Å². The lowest BCUT2D eigenvalue weighted by molar-refractivity contribution is -0.124. The van der Waals surface area contributed by atoms with E-state index in [2.05, 4.69) is 27.3 Å². The average Bonchev–Trinajstić information content (AvgIpc) is 2.57. The molecule has 0 aromatic heterocycles. The van der Waals surface area contributed by atoms with Crippen LogP contribution in [0.5, 0.6) is 11.5 Å². The Labute approximate surface area is 169 Å². The van der Waals surface area contributed by atoms with Gasteiger partial charge >= 0.3 is 0 Å². The van der Waals surface area contributed by atoms with E-state index >= 15 is 0 Å². The standard InChI is InChI=1S/C22H26BrNO3/c1-13-6-7-19-17(8-13)18(11-22(4,5)27-19)24-20(25)12-26-16-9-14(2)21(23)15(3)10-16/h6-10,18H,11-12H2,1-5H3,(H,24,25)/t18-/m1/s1. The molecule has 0 saturated heterocycles. The van der Waals surface area contributed by atoms with Crippen molar-refractivity contribution in [2.24, 2.45) is 0 Å². The van der Waals surface area contributed by atoms with Gasteiger partial charge in [0.15, 0.2) is 6.61 Å². The first-order valence-electron chi connectivity index (χ1n) is 9.13. The first kappa shape index (κ1) is 19.7. The zero-order chi connectivity index (χ0) is 19.8. The maximum absolute atomic E-state index is 12.5. The Morgan fingerprint density at radius 2 is 1.89 bits per heavy atom. The molecular weight excluding hydrogens is 406 g/mol. The van der Waals surface area contributed by atoms with Crippen molar-refractivity contribution in [2.75, 3.05) is 6.61 Å². The number of nitrogens with one attached hydrogen (secondary N) is 1. The third-order valence-electron chi connectivity index (χ3n) is 4.74. The van der Waals surface area contributed by atoms with Gasteiger partial charge in [-0.15, -0.1) is 0 Å². The van der Waals surface area contributed by atoms with Crippen LogP contribution in [0.2, 0.25) is 0 Å². The summed E-state index contributed by atoms with van der Waals surface area (Å²) in [6.45, 7) is 10.1. The van der Waals surface area contributed by atoms with Crippen LogP contribution in [0.4, 0.5) is 0 Å². The summed E-state index contributed by atoms with van der Waals surface area (Å²) in [5.74, 6) is 1.40. The Balaban J connectivity index is 1.70. The summed E-state index contributed by atoms with van der Waals surface area (Å²) in [7, 11) is 0. The number of hydrogen-bond acceptors (Lipinski definition) is 3. The number of carbonyl (C=O) groups is 1. The number of ether oxygens (including phenoxy) is 2. The largest absolute Gasteiger partial charge is 0.487 e. The lowest BCUT2D eigenvalue weighted by atomic mass is 9.89. The maximum Gasteiger partial charge on any atom is 0.258 e. The maximum atomic E-state index is 12.5. The topological polar surface area (TPSA) is 47.6 Å². The summed E-state index contributed by atoms with van der Waals surface area (Å²) in [6, 6.07) is 9.86. The molecule has 0 spiro atoms. The number of fused-ring (bicyclic) bond motifs is 1. The Kier molecular flexibility index (Phi) is 5.52. The molecule has 0 aliphatic carbocycles. The van der Waals surface area contributed by atoms with Crippen LogP contribution >= 0.6 is 15.9 Å². The van der Waals surface area contributed by atoms with E-state index in [-0.39, 0.29) is 24.2 Å². The first-order valence-corrected chi connectivity index (χ1v) is 9.92. The summed E-state index contributed by atoms with van der Waals surface area (Å²) >= 11 is 3.54. The average molecular weight is 432 g/mol. The van der Waals surface area contributed by atoms with E-state index < -0.39 is 0 Å². The van der Waals surface area contributed by atoms with E-state index in [9.17, 15) is 4.79 Å². The van der Waals surface area contributed by atoms with Gasteiger partial charge in [0.25, 0.3) is 5.91 Å². The minimum absolute atomic E-state index is 0.0144. The van der Waals surface area contributed by atoms with Gasteiger partial charge in [0.1, 0.15) is 17.1 Å². The molecule has 3 rings (SSSR count). The smallest absolute Gasteiger partial charge is 0.258 e. The molecule has 1 aliphatic rings. The SMILES string of the molecule is Cc1ccc2c(c1)[C@H](NC(=O)COc1cc(C)c(Br)c(C)c1)CC(C)(C)O2. The molecule has 27 heavy (non-hydrogen) atoms. The molecule has 4 nitrogen and oxygen atoms in total. The van der Waals surface area contributed by atoms with E-state index in [4.69, 9.17) is 9.47 Å². The van der Waals surface area contributed by atoms with Gasteiger partial charge in [-0.2, -0.15) is 0 Å². The summed E-state index contributed by atoms with van der Waals surface area (Å²) in [5, 5.41) is 3.12. The number of carbonyl (C=O) groups excluding carboxylic acids is 1. The highest BCUT2D eigenvalue weighted by Gasteiger charge is 2.34. The van der Waals surface area contributed by atoms with Gasteiger partial charge in [-0.25, -0.2) is 0 Å². The van der Waals surface area contributed by atoms with E-state index in [1.54, 1.807) is 0 Å². The number of halogens is 1. The van der Waals surface area contributed by atoms with Crippen molar-refractivity contribution in [1.82, 2.24) is 5.32 Å². The Morgan fingerprint density at radius 1 is 1.22 bits per heavy atom. The molecule has 1 atom stereocenters. The molecule has 1 heterocycles. The molecule has 0 bridgehead atoms. The summed E-state index contributed by atoms with van der Waals surface area (Å²) in [6.07, 6.45) is 0.714. The Morgan fingerprint density at radius 3 is 2.56 bits per heavy atom. The van der Waals surface area contributed by atoms with Crippen molar-refractivity contribution in [3.63, 3.8) is 0 Å². The van der Waals surface area contributed by atoms with Crippen molar-refractivity contribution < 1.29 is 14.3 Å². The van der Waals surface area contributed by atoms with E-state index in [0.29, 0.717) is 12.2 Å². The van der Waals surface area contributed by atoms with E-state index in [1.807, 2.05) is 58.9 Å². The zero-order valence-electron chi connectivity index (χ0n) is 16.5. The van der Waals surface area contributed by atoms with Crippen LogP contribution in [0.1, 0.15) is 48.6 Å². The van der Waals surface area contributed by atoms with Crippen LogP contribution in [-0.2, 0) is 4.79 Å². The highest BCUT2D eigenvalue weighted by atomic mass is 79.9. The predicted molar refractivity (Wildman–Crippen MR) is 110 cm³/mol. The molecule has 2 aromatic carbocycles. The number of aryl methyl sites for hydroxylation is 3. The van der Waals surface area contributed by atoms with Crippen molar-refractivity contribution in [2.45, 2.75) is 52.7 Å². The molecule has 0 saturated carbocycles.